The zero-order chi connectivity index (χ0) is 24.8. The molecule has 0 spiro atoms. The second-order valence-corrected chi connectivity index (χ2v) is 8.57. The van der Waals surface area contributed by atoms with E-state index < -0.39 is 18.0 Å². The average molecular weight is 523 g/mol. The van der Waals surface area contributed by atoms with Crippen LogP contribution in [0.1, 0.15) is 18.5 Å². The number of hydrogen-bond donors (Lipinski definition) is 3. The van der Waals surface area contributed by atoms with Crippen molar-refractivity contribution in [2.75, 3.05) is 38.0 Å². The van der Waals surface area contributed by atoms with Crippen LogP contribution in [-0.2, 0) is 14.3 Å². The molecule has 0 fully saturated rings. The highest BCUT2D eigenvalue weighted by Crippen LogP contribution is 2.32. The molecule has 3 rings (SSSR count). The normalized spacial score (nSPS) is 15.6. The number of para-hydroxylation sites is 1. The summed E-state index contributed by atoms with van der Waals surface area (Å²) in [6.07, 6.45) is 0. The maximum absolute atomic E-state index is 12.9. The van der Waals surface area contributed by atoms with Gasteiger partial charge in [0, 0.05) is 25.5 Å². The lowest BCUT2D eigenvalue weighted by Gasteiger charge is -2.35. The van der Waals surface area contributed by atoms with Crippen molar-refractivity contribution in [2.24, 2.45) is 0 Å². The van der Waals surface area contributed by atoms with E-state index in [0.29, 0.717) is 43.4 Å². The molecular weight excluding hydrogens is 499 g/mol. The summed E-state index contributed by atoms with van der Waals surface area (Å²) in [5.41, 5.74) is 2.59. The zero-order valence-electron chi connectivity index (χ0n) is 18.8. The summed E-state index contributed by atoms with van der Waals surface area (Å²) in [4.78, 5) is 27.2. The van der Waals surface area contributed by atoms with E-state index in [1.54, 1.807) is 55.3 Å². The van der Waals surface area contributed by atoms with E-state index in [4.69, 9.17) is 44.9 Å². The largest absolute Gasteiger partial charge is 0.460 e. The first-order valence-electron chi connectivity index (χ1n) is 10.3. The van der Waals surface area contributed by atoms with E-state index in [2.05, 4.69) is 16.0 Å². The molecule has 1 atom stereocenters. The number of allylic oxidation sites excluding steroid dienone is 1. The maximum atomic E-state index is 12.9. The van der Waals surface area contributed by atoms with Crippen LogP contribution in [0.3, 0.4) is 0 Å². The first-order valence-corrected chi connectivity index (χ1v) is 11.4. The molecule has 3 N–H and O–H groups in total. The lowest BCUT2D eigenvalue weighted by atomic mass is 9.95. The number of ether oxygens (including phenoxy) is 2. The number of carbonyl (C=O) groups excluding carboxylic acids is 2. The molecule has 1 unspecified atom stereocenters. The average Bonchev–Trinajstić information content (AvgIpc) is 2.80. The van der Waals surface area contributed by atoms with E-state index in [-0.39, 0.29) is 13.2 Å². The number of methoxy groups -OCH3 is 1. The fourth-order valence-electron chi connectivity index (χ4n) is 3.33. The molecule has 1 heterocycles. The third kappa shape index (κ3) is 5.98. The van der Waals surface area contributed by atoms with Gasteiger partial charge in [0.1, 0.15) is 6.61 Å². The van der Waals surface area contributed by atoms with Crippen molar-refractivity contribution in [2.45, 2.75) is 13.0 Å². The molecule has 11 heteroatoms. The Labute approximate surface area is 213 Å². The molecule has 34 heavy (non-hydrogen) atoms. The van der Waals surface area contributed by atoms with Crippen LogP contribution >= 0.6 is 35.4 Å². The zero-order valence-corrected chi connectivity index (χ0v) is 21.1. The molecule has 0 aliphatic carbocycles. The standard InChI is InChI=1S/C23H24Cl2N4O4S/c1-13-18(21(30)33-11-10-32-3)19(28-23(34)29(13)2)14-6-4-7-15(12-14)26-22(31)27-20-16(24)8-5-9-17(20)25/h4-9,12,19H,10-11H2,1-3H3,(H,28,34)(H2,26,27,31). The van der Waals surface area contributed by atoms with Crippen molar-refractivity contribution in [1.82, 2.24) is 10.2 Å². The molecule has 0 aromatic heterocycles. The monoisotopic (exact) mass is 522 g/mol. The first kappa shape index (κ1) is 25.8. The first-order chi connectivity index (χ1) is 16.2. The summed E-state index contributed by atoms with van der Waals surface area (Å²) in [6, 6.07) is 10.9. The Morgan fingerprint density at radius 2 is 1.79 bits per heavy atom. The van der Waals surface area contributed by atoms with E-state index in [9.17, 15) is 9.59 Å². The van der Waals surface area contributed by atoms with Gasteiger partial charge in [0.2, 0.25) is 0 Å². The Morgan fingerprint density at radius 3 is 2.47 bits per heavy atom. The number of nitrogens with zero attached hydrogens (tertiary/aromatic N) is 1. The van der Waals surface area contributed by atoms with Crippen LogP contribution in [0.4, 0.5) is 16.2 Å². The van der Waals surface area contributed by atoms with Crippen LogP contribution < -0.4 is 16.0 Å². The van der Waals surface area contributed by atoms with Crippen molar-refractivity contribution in [3.63, 3.8) is 0 Å². The number of anilines is 2. The Bertz CT molecular complexity index is 1120. The van der Waals surface area contributed by atoms with Gasteiger partial charge in [-0.25, -0.2) is 9.59 Å². The number of halogens is 2. The van der Waals surface area contributed by atoms with Gasteiger partial charge in [-0.2, -0.15) is 0 Å². The van der Waals surface area contributed by atoms with Gasteiger partial charge >= 0.3 is 12.0 Å². The minimum Gasteiger partial charge on any atom is -0.460 e. The van der Waals surface area contributed by atoms with Gasteiger partial charge < -0.3 is 30.3 Å². The molecule has 2 amide bonds. The molecule has 2 aromatic rings. The summed E-state index contributed by atoms with van der Waals surface area (Å²) >= 11 is 17.7. The predicted octanol–water partition coefficient (Wildman–Crippen LogP) is 4.96. The predicted molar refractivity (Wildman–Crippen MR) is 137 cm³/mol. The number of rotatable bonds is 7. The second-order valence-electron chi connectivity index (χ2n) is 7.37. The van der Waals surface area contributed by atoms with Gasteiger partial charge in [-0.05, 0) is 49.0 Å². The highest BCUT2D eigenvalue weighted by Gasteiger charge is 2.33. The SMILES string of the molecule is COCCOC(=O)C1=C(C)N(C)C(=S)NC1c1cccc(NC(=O)Nc2c(Cl)cccc2Cl)c1. The quantitative estimate of drug-likeness (QED) is 0.268. The Morgan fingerprint density at radius 1 is 1.12 bits per heavy atom. The van der Waals surface area contributed by atoms with Crippen LogP contribution in [-0.4, -0.2) is 49.4 Å². The Hall–Kier alpha value is -2.85. The number of thiocarbonyl (C=S) groups is 1. The number of nitrogens with one attached hydrogen (secondary N) is 3. The molecule has 2 aromatic carbocycles. The molecule has 0 bridgehead atoms. The fourth-order valence-corrected chi connectivity index (χ4v) is 4.08. The summed E-state index contributed by atoms with van der Waals surface area (Å²) in [5.74, 6) is -0.481. The number of urea groups is 1. The van der Waals surface area contributed by atoms with Crippen LogP contribution in [0, 0.1) is 0 Å². The third-order valence-electron chi connectivity index (χ3n) is 5.17. The van der Waals surface area contributed by atoms with Crippen LogP contribution in [0.15, 0.2) is 53.7 Å². The lowest BCUT2D eigenvalue weighted by Crippen LogP contribution is -2.46. The van der Waals surface area contributed by atoms with Crippen LogP contribution in [0.25, 0.3) is 0 Å². The van der Waals surface area contributed by atoms with Gasteiger partial charge in [-0.15, -0.1) is 0 Å². The number of carbonyl (C=O) groups is 2. The van der Waals surface area contributed by atoms with Crippen molar-refractivity contribution >= 4 is 63.9 Å². The Balaban J connectivity index is 1.84. The van der Waals surface area contributed by atoms with Gasteiger partial charge in [-0.1, -0.05) is 41.4 Å². The minimum absolute atomic E-state index is 0.124. The minimum atomic E-state index is -0.568. The van der Waals surface area contributed by atoms with E-state index >= 15 is 0 Å². The van der Waals surface area contributed by atoms with E-state index in [1.807, 2.05) is 6.07 Å². The topological polar surface area (TPSA) is 91.9 Å². The summed E-state index contributed by atoms with van der Waals surface area (Å²) in [5, 5.41) is 9.67. The third-order valence-corrected chi connectivity index (χ3v) is 6.20. The molecule has 8 nitrogen and oxygen atoms in total. The van der Waals surface area contributed by atoms with Crippen molar-refractivity contribution in [3.05, 3.63) is 69.3 Å². The van der Waals surface area contributed by atoms with Gasteiger partial charge in [-0.3, -0.25) is 0 Å². The maximum Gasteiger partial charge on any atom is 0.338 e. The molecule has 0 radical (unpaired) electrons. The van der Waals surface area contributed by atoms with Crippen LogP contribution in [0.2, 0.25) is 10.0 Å². The molecule has 1 aliphatic rings. The molecule has 0 saturated heterocycles. The molecular formula is C23H24Cl2N4O4S. The van der Waals surface area contributed by atoms with E-state index in [0.717, 1.165) is 0 Å². The fraction of sp³-hybridized carbons (Fsp3) is 0.261. The van der Waals surface area contributed by atoms with Crippen molar-refractivity contribution < 1.29 is 19.1 Å². The highest BCUT2D eigenvalue weighted by atomic mass is 35.5. The number of amides is 2. The van der Waals surface area contributed by atoms with Gasteiger partial charge in [0.15, 0.2) is 5.11 Å². The van der Waals surface area contributed by atoms with Gasteiger partial charge in [0.05, 0.1) is 34.0 Å². The van der Waals surface area contributed by atoms with Crippen LogP contribution in [0.5, 0.6) is 0 Å². The highest BCUT2D eigenvalue weighted by molar-refractivity contribution is 7.80. The lowest BCUT2D eigenvalue weighted by molar-refractivity contribution is -0.140. The van der Waals surface area contributed by atoms with Crippen molar-refractivity contribution in [3.8, 4) is 0 Å². The Kier molecular flexibility index (Phi) is 8.73. The smallest absolute Gasteiger partial charge is 0.338 e. The van der Waals surface area contributed by atoms with Crippen molar-refractivity contribution in [1.29, 1.82) is 0 Å². The molecule has 180 valence electrons. The van der Waals surface area contributed by atoms with Gasteiger partial charge in [0.25, 0.3) is 0 Å². The van der Waals surface area contributed by atoms with E-state index in [1.165, 1.54) is 7.11 Å². The number of benzene rings is 2. The molecule has 1 aliphatic heterocycles. The summed E-state index contributed by atoms with van der Waals surface area (Å²) < 4.78 is 10.3. The number of hydrogen-bond acceptors (Lipinski definition) is 5. The molecule has 0 saturated carbocycles. The summed E-state index contributed by atoms with van der Waals surface area (Å²) in [6.45, 7) is 2.21. The second kappa shape index (κ2) is 11.5. The number of esters is 1. The summed E-state index contributed by atoms with van der Waals surface area (Å²) in [7, 11) is 3.30.